The number of Topliss-reactive ketones (excluding diaryl/α,β-unsaturated/α-hetero) is 2. The van der Waals surface area contributed by atoms with Crippen molar-refractivity contribution < 1.29 is 33.1 Å². The molecule has 0 N–H and O–H groups in total. The molecule has 1 atom stereocenters. The second-order valence-corrected chi connectivity index (χ2v) is 8.99. The molecule has 0 spiro atoms. The predicted molar refractivity (Wildman–Crippen MR) is 132 cm³/mol. The number of rotatable bonds is 11. The minimum absolute atomic E-state index is 0.00953. The van der Waals surface area contributed by atoms with Crippen LogP contribution in [0, 0.1) is 15.9 Å². The lowest BCUT2D eigenvalue weighted by Crippen LogP contribution is -2.36. The Balaban J connectivity index is 1.64. The van der Waals surface area contributed by atoms with E-state index < -0.39 is 33.9 Å². The van der Waals surface area contributed by atoms with Crippen LogP contribution in [0.4, 0.5) is 4.39 Å². The van der Waals surface area contributed by atoms with Gasteiger partial charge in [-0.15, -0.1) is 0 Å². The number of benzene rings is 2. The number of unbranched alkanes of at least 4 members (excludes halogenated alkanes) is 1. The number of fused-ring (bicyclic) bond motifs is 1. The molecule has 0 aromatic heterocycles. The Morgan fingerprint density at radius 3 is 2.54 bits per heavy atom. The highest BCUT2D eigenvalue weighted by Crippen LogP contribution is 2.36. The largest absolute Gasteiger partial charge is 0.454 e. The quantitative estimate of drug-likeness (QED) is 0.145. The molecule has 2 heterocycles. The predicted octanol–water partition coefficient (Wildman–Crippen LogP) is 4.14. The average Bonchev–Trinajstić information content (AvgIpc) is 3.37. The molecule has 4 rings (SSSR count). The first-order chi connectivity index (χ1) is 17.9. The first-order valence-electron chi connectivity index (χ1n) is 12.3. The van der Waals surface area contributed by atoms with Gasteiger partial charge in [0, 0.05) is 31.0 Å². The van der Waals surface area contributed by atoms with E-state index >= 15 is 0 Å². The molecule has 37 heavy (non-hydrogen) atoms. The Morgan fingerprint density at radius 1 is 1.08 bits per heavy atom. The van der Waals surface area contributed by atoms with Crippen LogP contribution >= 0.6 is 0 Å². The van der Waals surface area contributed by atoms with Gasteiger partial charge in [-0.05, 0) is 49.2 Å². The lowest BCUT2D eigenvalue weighted by atomic mass is 9.84. The highest BCUT2D eigenvalue weighted by atomic mass is 19.1. The summed E-state index contributed by atoms with van der Waals surface area (Å²) in [6, 6.07) is 10.1. The molecule has 9 nitrogen and oxygen atoms in total. The number of carbonyl (C=O) groups excluding carboxylic acids is 2. The topological polar surface area (TPSA) is 108 Å². The van der Waals surface area contributed by atoms with Gasteiger partial charge < -0.3 is 14.2 Å². The van der Waals surface area contributed by atoms with Crippen molar-refractivity contribution in [2.75, 3.05) is 39.6 Å². The Kier molecular flexibility index (Phi) is 8.62. The molecular weight excluding hydrogens is 483 g/mol. The summed E-state index contributed by atoms with van der Waals surface area (Å²) < 4.78 is 30.6. The van der Waals surface area contributed by atoms with Gasteiger partial charge in [0.25, 0.3) is 0 Å². The number of carbonyl (C=O) groups is 2. The third kappa shape index (κ3) is 6.20. The summed E-state index contributed by atoms with van der Waals surface area (Å²) in [7, 11) is 0. The normalized spacial score (nSPS) is 16.7. The van der Waals surface area contributed by atoms with Crippen LogP contribution in [0.3, 0.4) is 0 Å². The molecular formula is C27H29FN2O7. The van der Waals surface area contributed by atoms with E-state index in [1.807, 2.05) is 0 Å². The molecule has 0 amide bonds. The van der Waals surface area contributed by atoms with Crippen molar-refractivity contribution in [3.8, 4) is 11.5 Å². The Bertz CT molecular complexity index is 1210. The Labute approximate surface area is 214 Å². The van der Waals surface area contributed by atoms with E-state index in [-0.39, 0.29) is 29.9 Å². The van der Waals surface area contributed by atoms with Crippen molar-refractivity contribution in [1.29, 1.82) is 0 Å². The number of allylic oxidation sites excluding steroid dienone is 2. The van der Waals surface area contributed by atoms with Crippen molar-refractivity contribution in [2.45, 2.75) is 32.1 Å². The lowest BCUT2D eigenvalue weighted by Gasteiger charge is -2.26. The van der Waals surface area contributed by atoms with Gasteiger partial charge in [0.1, 0.15) is 5.82 Å². The fraction of sp³-hybridized carbons (Fsp3) is 0.407. The van der Waals surface area contributed by atoms with Crippen molar-refractivity contribution in [3.05, 3.63) is 80.8 Å². The molecule has 0 bridgehead atoms. The number of nitro groups is 1. The molecule has 1 fully saturated rings. The minimum Gasteiger partial charge on any atom is -0.454 e. The molecule has 196 valence electrons. The van der Waals surface area contributed by atoms with Gasteiger partial charge in [-0.25, -0.2) is 4.39 Å². The summed E-state index contributed by atoms with van der Waals surface area (Å²) >= 11 is 0. The van der Waals surface area contributed by atoms with Crippen LogP contribution in [0.25, 0.3) is 0 Å². The monoisotopic (exact) mass is 512 g/mol. The van der Waals surface area contributed by atoms with Crippen LogP contribution in [0.5, 0.6) is 11.5 Å². The standard InChI is InChI=1S/C27H29FN2O7/c1-18(20-6-2-3-7-21(20)28)25(27(32)19-9-10-23-24(16-19)37-17-36-23)26(30(33)34)22(31)8-4-5-11-29-12-14-35-15-13-29/h2-3,6-7,9-10,16,18H,4-5,8,11-15,17H2,1H3/b26-25-. The van der Waals surface area contributed by atoms with E-state index in [1.165, 1.54) is 43.3 Å². The molecule has 2 aliphatic rings. The summed E-state index contributed by atoms with van der Waals surface area (Å²) in [5.74, 6) is -2.39. The third-order valence-corrected chi connectivity index (χ3v) is 6.62. The molecule has 1 saturated heterocycles. The van der Waals surface area contributed by atoms with Gasteiger partial charge in [0.2, 0.25) is 12.6 Å². The summed E-state index contributed by atoms with van der Waals surface area (Å²) in [6.07, 6.45) is 1.00. The van der Waals surface area contributed by atoms with E-state index in [4.69, 9.17) is 14.2 Å². The van der Waals surface area contributed by atoms with Crippen molar-refractivity contribution >= 4 is 11.6 Å². The van der Waals surface area contributed by atoms with Gasteiger partial charge in [-0.1, -0.05) is 25.1 Å². The molecule has 0 radical (unpaired) electrons. The molecule has 2 aromatic carbocycles. The number of ketones is 2. The Morgan fingerprint density at radius 2 is 1.81 bits per heavy atom. The van der Waals surface area contributed by atoms with Gasteiger partial charge in [-0.3, -0.25) is 24.6 Å². The van der Waals surface area contributed by atoms with Gasteiger partial charge >= 0.3 is 5.70 Å². The highest BCUT2D eigenvalue weighted by Gasteiger charge is 2.36. The number of hydrogen-bond donors (Lipinski definition) is 0. The number of ether oxygens (including phenoxy) is 3. The lowest BCUT2D eigenvalue weighted by molar-refractivity contribution is -0.419. The maximum atomic E-state index is 14.7. The maximum Gasteiger partial charge on any atom is 0.319 e. The molecule has 2 aromatic rings. The van der Waals surface area contributed by atoms with Crippen molar-refractivity contribution in [3.63, 3.8) is 0 Å². The molecule has 10 heteroatoms. The molecule has 2 aliphatic heterocycles. The SMILES string of the molecule is CC(/C(C(=O)c1ccc2c(c1)OCO2)=C(\C(=O)CCCCN1CCOCC1)[N+](=O)[O-])c1ccccc1F. The maximum absolute atomic E-state index is 14.7. The minimum atomic E-state index is -1.04. The van der Waals surface area contributed by atoms with Crippen molar-refractivity contribution in [2.24, 2.45) is 0 Å². The first kappa shape index (κ1) is 26.4. The smallest absolute Gasteiger partial charge is 0.319 e. The van der Waals surface area contributed by atoms with Crippen molar-refractivity contribution in [1.82, 2.24) is 4.90 Å². The Hall–Kier alpha value is -3.63. The first-order valence-corrected chi connectivity index (χ1v) is 12.3. The zero-order valence-electron chi connectivity index (χ0n) is 20.6. The summed E-state index contributed by atoms with van der Waals surface area (Å²) in [5, 5.41) is 12.2. The van der Waals surface area contributed by atoms with E-state index in [9.17, 15) is 24.1 Å². The van der Waals surface area contributed by atoms with Gasteiger partial charge in [0.05, 0.1) is 23.7 Å². The van der Waals surface area contributed by atoms with Crippen LogP contribution in [-0.2, 0) is 9.53 Å². The zero-order chi connectivity index (χ0) is 26.4. The number of hydrogen-bond acceptors (Lipinski definition) is 8. The number of morpholine rings is 1. The van der Waals surface area contributed by atoms with Gasteiger partial charge in [-0.2, -0.15) is 0 Å². The summed E-state index contributed by atoms with van der Waals surface area (Å²) in [6.45, 7) is 5.17. The second-order valence-electron chi connectivity index (χ2n) is 8.99. The fourth-order valence-corrected chi connectivity index (χ4v) is 4.60. The summed E-state index contributed by atoms with van der Waals surface area (Å²) in [5.41, 5.74) is -0.982. The molecule has 0 saturated carbocycles. The van der Waals surface area contributed by atoms with E-state index in [0.29, 0.717) is 37.6 Å². The highest BCUT2D eigenvalue weighted by molar-refractivity contribution is 6.14. The van der Waals surface area contributed by atoms with Crippen LogP contribution in [0.15, 0.2) is 53.7 Å². The number of nitrogens with zero attached hydrogens (tertiary/aromatic N) is 2. The average molecular weight is 513 g/mol. The third-order valence-electron chi connectivity index (χ3n) is 6.62. The zero-order valence-corrected chi connectivity index (χ0v) is 20.6. The van der Waals surface area contributed by atoms with Crippen LogP contribution < -0.4 is 9.47 Å². The van der Waals surface area contributed by atoms with Crippen LogP contribution in [0.1, 0.15) is 48.0 Å². The van der Waals surface area contributed by atoms with E-state index in [0.717, 1.165) is 19.6 Å². The van der Waals surface area contributed by atoms with Crippen LogP contribution in [0.2, 0.25) is 0 Å². The van der Waals surface area contributed by atoms with E-state index in [1.54, 1.807) is 6.07 Å². The van der Waals surface area contributed by atoms with Gasteiger partial charge in [0.15, 0.2) is 17.3 Å². The number of halogens is 1. The second kappa shape index (κ2) is 12.1. The van der Waals surface area contributed by atoms with E-state index in [2.05, 4.69) is 4.90 Å². The fourth-order valence-electron chi connectivity index (χ4n) is 4.60. The molecule has 1 unspecified atom stereocenters. The van der Waals surface area contributed by atoms with Crippen LogP contribution in [-0.4, -0.2) is 61.0 Å². The summed E-state index contributed by atoms with van der Waals surface area (Å²) in [4.78, 5) is 40.5. The molecule has 0 aliphatic carbocycles.